The summed E-state index contributed by atoms with van der Waals surface area (Å²) in [5.41, 5.74) is 4.78. The summed E-state index contributed by atoms with van der Waals surface area (Å²) in [6, 6.07) is 4.29. The van der Waals surface area contributed by atoms with Gasteiger partial charge in [0, 0.05) is 5.56 Å². The quantitative estimate of drug-likeness (QED) is 0.729. The highest BCUT2D eigenvalue weighted by Gasteiger charge is 2.14. The van der Waals surface area contributed by atoms with Crippen LogP contribution in [-0.4, -0.2) is 4.98 Å². The molecule has 0 radical (unpaired) electrons. The lowest BCUT2D eigenvalue weighted by molar-refractivity contribution is 0.507. The monoisotopic (exact) mass is 249 g/mol. The van der Waals surface area contributed by atoms with E-state index >= 15 is 0 Å². The molecule has 17 heavy (non-hydrogen) atoms. The normalized spacial score (nSPS) is 12.8. The van der Waals surface area contributed by atoms with Gasteiger partial charge >= 0.3 is 0 Å². The molecule has 2 rings (SSSR count). The molecule has 1 unspecified atom stereocenters. The van der Waals surface area contributed by atoms with Crippen LogP contribution in [0.4, 0.5) is 0 Å². The molecular weight excluding hydrogens is 234 g/mol. The first-order valence-corrected chi connectivity index (χ1v) is 6.10. The Bertz CT molecular complexity index is 520. The fraction of sp³-hybridized carbons (Fsp3) is 0.357. The minimum atomic E-state index is -0.199. The van der Waals surface area contributed by atoms with Crippen molar-refractivity contribution in [2.24, 2.45) is 0 Å². The molecule has 1 atom stereocenters. The van der Waals surface area contributed by atoms with Gasteiger partial charge in [0.25, 0.3) is 0 Å². The van der Waals surface area contributed by atoms with Gasteiger partial charge in [-0.15, -0.1) is 11.6 Å². The van der Waals surface area contributed by atoms with E-state index in [9.17, 15) is 0 Å². The molecule has 2 nitrogen and oxygen atoms in total. The average Bonchev–Trinajstić information content (AvgIpc) is 2.65. The topological polar surface area (TPSA) is 26.0 Å². The Morgan fingerprint density at radius 2 is 1.76 bits per heavy atom. The van der Waals surface area contributed by atoms with Crippen LogP contribution >= 0.6 is 11.6 Å². The van der Waals surface area contributed by atoms with Crippen LogP contribution in [0.5, 0.6) is 0 Å². The molecule has 0 aliphatic rings. The number of hydrogen-bond donors (Lipinski definition) is 0. The van der Waals surface area contributed by atoms with Crippen molar-refractivity contribution in [1.82, 2.24) is 4.98 Å². The fourth-order valence-corrected chi connectivity index (χ4v) is 2.26. The highest BCUT2D eigenvalue weighted by atomic mass is 35.5. The number of alkyl halides is 1. The van der Waals surface area contributed by atoms with Gasteiger partial charge < -0.3 is 4.42 Å². The molecule has 1 aromatic carbocycles. The lowest BCUT2D eigenvalue weighted by atomic mass is 9.98. The summed E-state index contributed by atoms with van der Waals surface area (Å²) in [5.74, 6) is 1.36. The van der Waals surface area contributed by atoms with Crippen molar-refractivity contribution in [2.75, 3.05) is 0 Å². The zero-order chi connectivity index (χ0) is 12.6. The maximum Gasteiger partial charge on any atom is 0.212 e. The van der Waals surface area contributed by atoms with Gasteiger partial charge in [-0.3, -0.25) is 0 Å². The number of hydrogen-bond acceptors (Lipinski definition) is 2. The summed E-state index contributed by atoms with van der Waals surface area (Å²) in [4.78, 5) is 4.20. The van der Waals surface area contributed by atoms with Crippen LogP contribution in [0.1, 0.15) is 34.9 Å². The van der Waals surface area contributed by atoms with E-state index in [0.29, 0.717) is 5.89 Å². The number of oxazole rings is 1. The van der Waals surface area contributed by atoms with E-state index in [2.05, 4.69) is 37.9 Å². The average molecular weight is 250 g/mol. The van der Waals surface area contributed by atoms with Crippen molar-refractivity contribution < 1.29 is 4.42 Å². The Morgan fingerprint density at radius 1 is 1.18 bits per heavy atom. The lowest BCUT2D eigenvalue weighted by Crippen LogP contribution is -1.88. The molecule has 0 saturated heterocycles. The van der Waals surface area contributed by atoms with E-state index in [1.165, 1.54) is 16.7 Å². The molecule has 1 aromatic heterocycles. The SMILES string of the molecule is Cc1cc(C)c(-c2cnc(C(C)Cl)o2)c(C)c1. The number of aryl methyl sites for hydroxylation is 3. The Labute approximate surface area is 107 Å². The Balaban J connectivity index is 2.52. The molecule has 0 fully saturated rings. The molecule has 1 heterocycles. The van der Waals surface area contributed by atoms with Gasteiger partial charge in [-0.2, -0.15) is 0 Å². The fourth-order valence-electron chi connectivity index (χ4n) is 2.16. The molecule has 0 saturated carbocycles. The summed E-state index contributed by atoms with van der Waals surface area (Å²) in [6.45, 7) is 8.12. The van der Waals surface area contributed by atoms with Crippen LogP contribution in [0, 0.1) is 20.8 Å². The largest absolute Gasteiger partial charge is 0.439 e. The van der Waals surface area contributed by atoms with Crippen LogP contribution in [0.25, 0.3) is 11.3 Å². The summed E-state index contributed by atoms with van der Waals surface area (Å²) in [5, 5.41) is -0.199. The summed E-state index contributed by atoms with van der Waals surface area (Å²) in [7, 11) is 0. The molecule has 0 aliphatic heterocycles. The van der Waals surface area contributed by atoms with Crippen molar-refractivity contribution in [3.8, 4) is 11.3 Å². The minimum absolute atomic E-state index is 0.199. The second kappa shape index (κ2) is 4.53. The predicted octanol–water partition coefficient (Wildman–Crippen LogP) is 4.57. The molecule has 0 spiro atoms. The second-order valence-electron chi connectivity index (χ2n) is 4.45. The van der Waals surface area contributed by atoms with Gasteiger partial charge in [0.15, 0.2) is 5.76 Å². The van der Waals surface area contributed by atoms with Gasteiger partial charge in [0.2, 0.25) is 5.89 Å². The number of nitrogens with zero attached hydrogens (tertiary/aromatic N) is 1. The van der Waals surface area contributed by atoms with Crippen molar-refractivity contribution in [2.45, 2.75) is 33.1 Å². The van der Waals surface area contributed by atoms with Gasteiger partial charge in [0.1, 0.15) is 5.38 Å². The maximum atomic E-state index is 5.95. The van der Waals surface area contributed by atoms with Crippen LogP contribution < -0.4 is 0 Å². The van der Waals surface area contributed by atoms with E-state index in [0.717, 1.165) is 11.3 Å². The molecule has 0 amide bonds. The van der Waals surface area contributed by atoms with E-state index in [-0.39, 0.29) is 5.38 Å². The molecular formula is C14H16ClNO. The second-order valence-corrected chi connectivity index (χ2v) is 5.11. The molecule has 3 heteroatoms. The summed E-state index contributed by atoms with van der Waals surface area (Å²) < 4.78 is 5.69. The minimum Gasteiger partial charge on any atom is -0.439 e. The molecule has 0 bridgehead atoms. The lowest BCUT2D eigenvalue weighted by Gasteiger charge is -2.08. The predicted molar refractivity (Wildman–Crippen MR) is 70.4 cm³/mol. The van der Waals surface area contributed by atoms with Crippen LogP contribution in [0.2, 0.25) is 0 Å². The van der Waals surface area contributed by atoms with Crippen LogP contribution in [0.15, 0.2) is 22.7 Å². The molecule has 90 valence electrons. The summed E-state index contributed by atoms with van der Waals surface area (Å²) >= 11 is 5.95. The van der Waals surface area contributed by atoms with Gasteiger partial charge in [0.05, 0.1) is 6.20 Å². The van der Waals surface area contributed by atoms with E-state index in [1.54, 1.807) is 6.20 Å². The maximum absolute atomic E-state index is 5.95. The van der Waals surface area contributed by atoms with Crippen molar-refractivity contribution in [3.63, 3.8) is 0 Å². The highest BCUT2D eigenvalue weighted by molar-refractivity contribution is 6.20. The third-order valence-electron chi connectivity index (χ3n) is 2.79. The standard InChI is InChI=1S/C14H16ClNO/c1-8-5-9(2)13(10(3)6-8)12-7-16-14(17-12)11(4)15/h5-7,11H,1-4H3. The molecule has 2 aromatic rings. The smallest absolute Gasteiger partial charge is 0.212 e. The molecule has 0 aliphatic carbocycles. The number of halogens is 1. The van der Waals surface area contributed by atoms with E-state index in [1.807, 2.05) is 6.92 Å². The Hall–Kier alpha value is -1.28. The summed E-state index contributed by atoms with van der Waals surface area (Å²) in [6.07, 6.45) is 1.75. The van der Waals surface area contributed by atoms with Crippen LogP contribution in [-0.2, 0) is 0 Å². The number of aromatic nitrogens is 1. The van der Waals surface area contributed by atoms with Gasteiger partial charge in [-0.1, -0.05) is 17.7 Å². The highest BCUT2D eigenvalue weighted by Crippen LogP contribution is 2.31. The first-order chi connectivity index (χ1) is 7.99. The Morgan fingerprint density at radius 3 is 2.24 bits per heavy atom. The number of rotatable bonds is 2. The third kappa shape index (κ3) is 2.37. The first kappa shape index (κ1) is 12.2. The number of benzene rings is 1. The van der Waals surface area contributed by atoms with Gasteiger partial charge in [-0.25, -0.2) is 4.98 Å². The molecule has 0 N–H and O–H groups in total. The zero-order valence-electron chi connectivity index (χ0n) is 10.5. The van der Waals surface area contributed by atoms with Crippen LogP contribution in [0.3, 0.4) is 0 Å². The van der Waals surface area contributed by atoms with E-state index in [4.69, 9.17) is 16.0 Å². The van der Waals surface area contributed by atoms with Crippen molar-refractivity contribution in [1.29, 1.82) is 0 Å². The van der Waals surface area contributed by atoms with E-state index < -0.39 is 0 Å². The van der Waals surface area contributed by atoms with Gasteiger partial charge in [-0.05, 0) is 38.8 Å². The third-order valence-corrected chi connectivity index (χ3v) is 2.97. The van der Waals surface area contributed by atoms with Crippen molar-refractivity contribution >= 4 is 11.6 Å². The zero-order valence-corrected chi connectivity index (χ0v) is 11.3. The Kier molecular flexibility index (Phi) is 3.25. The first-order valence-electron chi connectivity index (χ1n) is 5.67. The van der Waals surface area contributed by atoms with Crippen molar-refractivity contribution in [3.05, 3.63) is 40.9 Å².